The molecule has 1 unspecified atom stereocenters. The largest absolute Gasteiger partial charge is 0.457 e. The Hall–Kier alpha value is -4.60. The number of carbonyl (C=O) groups excluding carboxylic acids is 1. The highest BCUT2D eigenvalue weighted by Crippen LogP contribution is 2.31. The number of imidazole rings is 1. The van der Waals surface area contributed by atoms with Crippen LogP contribution < -0.4 is 10.4 Å². The number of pyridine rings is 1. The van der Waals surface area contributed by atoms with Gasteiger partial charge in [-0.3, -0.25) is 9.13 Å². The Morgan fingerprint density at radius 1 is 1.05 bits per heavy atom. The van der Waals surface area contributed by atoms with Gasteiger partial charge in [-0.2, -0.15) is 0 Å². The van der Waals surface area contributed by atoms with E-state index in [1.54, 1.807) is 26.6 Å². The number of aromatic nitrogens is 3. The number of benzene rings is 2. The molecule has 5 rings (SSSR count). The van der Waals surface area contributed by atoms with E-state index in [4.69, 9.17) is 9.47 Å². The fourth-order valence-electron chi connectivity index (χ4n) is 4.95. The summed E-state index contributed by atoms with van der Waals surface area (Å²) in [7, 11) is 3.75. The molecule has 0 bridgehead atoms. The van der Waals surface area contributed by atoms with Gasteiger partial charge in [0.2, 0.25) is 0 Å². The smallest absolute Gasteiger partial charge is 0.410 e. The number of fused-ring (bicyclic) bond motifs is 1. The molecule has 0 aliphatic carbocycles. The number of likely N-dealkylation sites (tertiary alicyclic amines) is 1. The van der Waals surface area contributed by atoms with Crippen molar-refractivity contribution in [1.82, 2.24) is 23.9 Å². The van der Waals surface area contributed by atoms with Gasteiger partial charge >= 0.3 is 11.8 Å². The zero-order valence-corrected chi connectivity index (χ0v) is 24.2. The summed E-state index contributed by atoms with van der Waals surface area (Å²) >= 11 is 0. The van der Waals surface area contributed by atoms with Gasteiger partial charge in [0, 0.05) is 33.4 Å². The Balaban J connectivity index is 1.58. The number of hydrogen-bond donors (Lipinski definition) is 0. The molecular weight excluding hydrogens is 520 g/mol. The summed E-state index contributed by atoms with van der Waals surface area (Å²) in [4.78, 5) is 39.7. The van der Waals surface area contributed by atoms with Crippen molar-refractivity contribution >= 4 is 29.3 Å². The molecule has 0 radical (unpaired) electrons. The molecule has 1 aliphatic heterocycles. The molecule has 0 spiro atoms. The number of rotatable bonds is 6. The van der Waals surface area contributed by atoms with Gasteiger partial charge in [-0.15, -0.1) is 0 Å². The standard InChI is InChI=1S/C31H36N6O4/c1-31(2,3)41-30(39)35-19-9-10-23(20-35)36-26-17-18-32-28(33-21-34(4)5)27(26)37(29(36)38)22-13-15-25(16-14-22)40-24-11-7-6-8-12-24/h6-8,11-18,21,23H,9-10,19-20H2,1-5H3/b33-21+. The molecule has 2 aromatic heterocycles. The molecule has 1 saturated heterocycles. The van der Waals surface area contributed by atoms with Gasteiger partial charge < -0.3 is 19.3 Å². The molecule has 3 heterocycles. The van der Waals surface area contributed by atoms with E-state index in [0.29, 0.717) is 41.4 Å². The zero-order valence-electron chi connectivity index (χ0n) is 24.2. The van der Waals surface area contributed by atoms with Crippen LogP contribution in [0.1, 0.15) is 39.7 Å². The Labute approximate surface area is 239 Å². The second kappa shape index (κ2) is 11.5. The van der Waals surface area contributed by atoms with Crippen LogP contribution in [0.5, 0.6) is 11.5 Å². The Morgan fingerprint density at radius 2 is 1.76 bits per heavy atom. The maximum Gasteiger partial charge on any atom is 0.410 e. The van der Waals surface area contributed by atoms with E-state index in [2.05, 4.69) is 9.98 Å². The van der Waals surface area contributed by atoms with E-state index in [1.165, 1.54) is 0 Å². The lowest BCUT2D eigenvalue weighted by Gasteiger charge is -2.34. The fourth-order valence-corrected chi connectivity index (χ4v) is 4.95. The molecule has 10 nitrogen and oxygen atoms in total. The van der Waals surface area contributed by atoms with E-state index in [-0.39, 0.29) is 17.8 Å². The molecule has 10 heteroatoms. The van der Waals surface area contributed by atoms with Gasteiger partial charge in [0.25, 0.3) is 0 Å². The van der Waals surface area contributed by atoms with E-state index in [9.17, 15) is 9.59 Å². The minimum Gasteiger partial charge on any atom is -0.457 e. The molecule has 1 amide bonds. The van der Waals surface area contributed by atoms with Crippen LogP contribution in [0.25, 0.3) is 16.7 Å². The van der Waals surface area contributed by atoms with Crippen molar-refractivity contribution < 1.29 is 14.3 Å². The summed E-state index contributed by atoms with van der Waals surface area (Å²) in [6.45, 7) is 6.51. The second-order valence-electron chi connectivity index (χ2n) is 11.3. The van der Waals surface area contributed by atoms with Crippen molar-refractivity contribution in [1.29, 1.82) is 0 Å². The minimum absolute atomic E-state index is 0.220. The van der Waals surface area contributed by atoms with Crippen molar-refractivity contribution in [2.24, 2.45) is 4.99 Å². The predicted octanol–water partition coefficient (Wildman–Crippen LogP) is 5.77. The van der Waals surface area contributed by atoms with E-state index >= 15 is 0 Å². The lowest BCUT2D eigenvalue weighted by molar-refractivity contribution is 0.0173. The first-order valence-corrected chi connectivity index (χ1v) is 13.7. The molecule has 0 saturated carbocycles. The lowest BCUT2D eigenvalue weighted by atomic mass is 10.1. The number of carbonyl (C=O) groups is 1. The van der Waals surface area contributed by atoms with Crippen molar-refractivity contribution in [2.45, 2.75) is 45.3 Å². The quantitative estimate of drug-likeness (QED) is 0.221. The van der Waals surface area contributed by atoms with Crippen molar-refractivity contribution in [3.8, 4) is 17.2 Å². The summed E-state index contributed by atoms with van der Waals surface area (Å²) in [5.41, 5.74) is 1.15. The third-order valence-corrected chi connectivity index (χ3v) is 6.66. The minimum atomic E-state index is -0.599. The first kappa shape index (κ1) is 27.9. The molecule has 0 N–H and O–H groups in total. The normalized spacial score (nSPS) is 15.8. The fraction of sp³-hybridized carbons (Fsp3) is 0.355. The predicted molar refractivity (Wildman–Crippen MR) is 160 cm³/mol. The van der Waals surface area contributed by atoms with Crippen LogP contribution in [0, 0.1) is 0 Å². The molecule has 4 aromatic rings. The van der Waals surface area contributed by atoms with Gasteiger partial charge in [0.05, 0.1) is 23.6 Å². The van der Waals surface area contributed by atoms with Crippen molar-refractivity contribution in [3.63, 3.8) is 0 Å². The van der Waals surface area contributed by atoms with Crippen LogP contribution in [-0.2, 0) is 4.74 Å². The average Bonchev–Trinajstić information content (AvgIpc) is 3.24. The Morgan fingerprint density at radius 3 is 2.44 bits per heavy atom. The molecule has 1 fully saturated rings. The van der Waals surface area contributed by atoms with Crippen molar-refractivity contribution in [2.75, 3.05) is 27.2 Å². The zero-order chi connectivity index (χ0) is 29.1. The monoisotopic (exact) mass is 556 g/mol. The molecule has 1 aliphatic rings. The van der Waals surface area contributed by atoms with Crippen LogP contribution in [0.15, 0.2) is 76.6 Å². The summed E-state index contributed by atoms with van der Waals surface area (Å²) in [5.74, 6) is 1.81. The molecule has 1 atom stereocenters. The maximum atomic E-state index is 14.2. The number of aliphatic imine (C=N–C) groups is 1. The number of amides is 1. The van der Waals surface area contributed by atoms with Gasteiger partial charge in [0.15, 0.2) is 5.82 Å². The number of ether oxygens (including phenoxy) is 2. The van der Waals surface area contributed by atoms with Gasteiger partial charge in [-0.1, -0.05) is 18.2 Å². The van der Waals surface area contributed by atoms with E-state index in [1.807, 2.05) is 100 Å². The first-order valence-electron chi connectivity index (χ1n) is 13.7. The average molecular weight is 557 g/mol. The van der Waals surface area contributed by atoms with E-state index < -0.39 is 5.60 Å². The Bertz CT molecular complexity index is 1600. The van der Waals surface area contributed by atoms with Crippen LogP contribution in [0.2, 0.25) is 0 Å². The molecule has 41 heavy (non-hydrogen) atoms. The van der Waals surface area contributed by atoms with Crippen LogP contribution >= 0.6 is 0 Å². The van der Waals surface area contributed by atoms with Crippen LogP contribution in [0.4, 0.5) is 10.6 Å². The Kier molecular flexibility index (Phi) is 7.83. The van der Waals surface area contributed by atoms with Crippen LogP contribution in [0.3, 0.4) is 0 Å². The number of piperidine rings is 1. The summed E-state index contributed by atoms with van der Waals surface area (Å²) in [6.07, 6.45) is 4.46. The molecule has 2 aromatic carbocycles. The molecule has 214 valence electrons. The van der Waals surface area contributed by atoms with Crippen LogP contribution in [-0.4, -0.2) is 69.1 Å². The maximum absolute atomic E-state index is 14.2. The first-order chi connectivity index (χ1) is 19.6. The lowest BCUT2D eigenvalue weighted by Crippen LogP contribution is -2.45. The summed E-state index contributed by atoms with van der Waals surface area (Å²) in [6, 6.07) is 18.5. The van der Waals surface area contributed by atoms with E-state index in [0.717, 1.165) is 18.6 Å². The summed E-state index contributed by atoms with van der Waals surface area (Å²) in [5, 5.41) is 0. The highest BCUT2D eigenvalue weighted by Gasteiger charge is 2.31. The highest BCUT2D eigenvalue weighted by atomic mass is 16.6. The summed E-state index contributed by atoms with van der Waals surface area (Å²) < 4.78 is 15.0. The third-order valence-electron chi connectivity index (χ3n) is 6.66. The van der Waals surface area contributed by atoms with Crippen molar-refractivity contribution in [3.05, 3.63) is 77.3 Å². The SMILES string of the molecule is CN(C)/C=N/c1nccc2c1n(-c1ccc(Oc3ccccc3)cc1)c(=O)n2C1CCCN(C(=O)OC(C)(C)C)C1. The van der Waals surface area contributed by atoms with Gasteiger partial charge in [-0.05, 0) is 76.1 Å². The second-order valence-corrected chi connectivity index (χ2v) is 11.3. The van der Waals surface area contributed by atoms with Gasteiger partial charge in [0.1, 0.15) is 22.6 Å². The number of nitrogens with zero attached hydrogens (tertiary/aromatic N) is 6. The van der Waals surface area contributed by atoms with Gasteiger partial charge in [-0.25, -0.2) is 19.6 Å². The number of para-hydroxylation sites is 1. The topological polar surface area (TPSA) is 94.2 Å². The third kappa shape index (κ3) is 6.26. The molecular formula is C31H36N6O4. The number of hydrogen-bond acceptors (Lipinski definition) is 6. The highest BCUT2D eigenvalue weighted by molar-refractivity contribution is 5.88.